The first kappa shape index (κ1) is 20.3. The summed E-state index contributed by atoms with van der Waals surface area (Å²) in [6.07, 6.45) is 8.89. The maximum Gasteiger partial charge on any atom is 0.166 e. The summed E-state index contributed by atoms with van der Waals surface area (Å²) < 4.78 is 0. The molecule has 0 aliphatic heterocycles. The minimum Gasteiger partial charge on any atom is -0.512 e. The SMILES string of the molecule is Cc1cc2c(cc1C1(c3ccc(C4=C(O)CCCC4=O)cc3)CC1)C(C)(C)C=CC2C. The predicted octanol–water partition coefficient (Wildman–Crippen LogP) is 7.05. The van der Waals surface area contributed by atoms with Crippen LogP contribution in [0, 0.1) is 6.92 Å². The molecule has 2 aromatic rings. The molecule has 160 valence electrons. The van der Waals surface area contributed by atoms with E-state index in [-0.39, 0.29) is 22.4 Å². The molecule has 1 saturated carbocycles. The van der Waals surface area contributed by atoms with Gasteiger partial charge in [-0.25, -0.2) is 0 Å². The third kappa shape index (κ3) is 3.19. The van der Waals surface area contributed by atoms with Crippen molar-refractivity contribution < 1.29 is 9.90 Å². The van der Waals surface area contributed by atoms with E-state index in [0.717, 1.165) is 24.8 Å². The fourth-order valence-electron chi connectivity index (χ4n) is 5.71. The molecule has 2 heteroatoms. The van der Waals surface area contributed by atoms with Crippen molar-refractivity contribution in [3.8, 4) is 0 Å². The zero-order chi connectivity index (χ0) is 22.0. The molecule has 31 heavy (non-hydrogen) atoms. The molecule has 5 rings (SSSR count). The molecule has 1 unspecified atom stereocenters. The number of allylic oxidation sites excluding steroid dienone is 4. The standard InChI is InChI=1S/C29H32O2/c1-18-12-13-28(3,4)24-17-23(19(2)16-22(18)24)29(14-15-29)21-10-8-20(9-11-21)27-25(30)6-5-7-26(27)31/h8-13,16-18,30H,5-7,14-15H2,1-4H3. The Bertz CT molecular complexity index is 1120. The Balaban J connectivity index is 1.55. The first-order valence-electron chi connectivity index (χ1n) is 11.6. The highest BCUT2D eigenvalue weighted by Gasteiger charge is 2.47. The van der Waals surface area contributed by atoms with Crippen molar-refractivity contribution in [1.82, 2.24) is 0 Å². The molecule has 1 N–H and O–H groups in total. The number of benzene rings is 2. The highest BCUT2D eigenvalue weighted by atomic mass is 16.3. The molecule has 0 aromatic heterocycles. The molecule has 0 saturated heterocycles. The molecular formula is C29H32O2. The van der Waals surface area contributed by atoms with Gasteiger partial charge in [-0.05, 0) is 65.5 Å². The maximum absolute atomic E-state index is 12.4. The summed E-state index contributed by atoms with van der Waals surface area (Å²) in [4.78, 5) is 12.4. The van der Waals surface area contributed by atoms with Gasteiger partial charge in [0.05, 0.1) is 5.57 Å². The lowest BCUT2D eigenvalue weighted by atomic mass is 9.71. The predicted molar refractivity (Wildman–Crippen MR) is 127 cm³/mol. The Morgan fingerprint density at radius 1 is 1.00 bits per heavy atom. The van der Waals surface area contributed by atoms with Crippen molar-refractivity contribution >= 4 is 11.4 Å². The largest absolute Gasteiger partial charge is 0.512 e. The Labute approximate surface area is 185 Å². The van der Waals surface area contributed by atoms with Gasteiger partial charge >= 0.3 is 0 Å². The van der Waals surface area contributed by atoms with Crippen molar-refractivity contribution in [2.24, 2.45) is 0 Å². The average molecular weight is 413 g/mol. The number of carbonyl (C=O) groups excluding carboxylic acids is 1. The van der Waals surface area contributed by atoms with Crippen LogP contribution in [0.1, 0.15) is 92.2 Å². The summed E-state index contributed by atoms with van der Waals surface area (Å²) >= 11 is 0. The van der Waals surface area contributed by atoms with E-state index in [1.807, 2.05) is 12.1 Å². The summed E-state index contributed by atoms with van der Waals surface area (Å²) in [6, 6.07) is 13.3. The highest BCUT2D eigenvalue weighted by molar-refractivity contribution is 6.21. The second kappa shape index (κ2) is 6.95. The monoisotopic (exact) mass is 412 g/mol. The lowest BCUT2D eigenvalue weighted by Gasteiger charge is -2.33. The van der Waals surface area contributed by atoms with Crippen LogP contribution in [0.25, 0.3) is 5.57 Å². The number of hydrogen-bond acceptors (Lipinski definition) is 2. The highest BCUT2D eigenvalue weighted by Crippen LogP contribution is 2.56. The van der Waals surface area contributed by atoms with Gasteiger partial charge in [0.15, 0.2) is 5.78 Å². The van der Waals surface area contributed by atoms with Crippen LogP contribution in [-0.4, -0.2) is 10.9 Å². The quantitative estimate of drug-likeness (QED) is 0.549. The number of rotatable bonds is 3. The van der Waals surface area contributed by atoms with Crippen LogP contribution >= 0.6 is 0 Å². The number of carbonyl (C=O) groups is 1. The van der Waals surface area contributed by atoms with Gasteiger partial charge in [-0.15, -0.1) is 0 Å². The molecule has 3 aliphatic rings. The van der Waals surface area contributed by atoms with Crippen LogP contribution in [0.5, 0.6) is 0 Å². The van der Waals surface area contributed by atoms with E-state index in [1.165, 1.54) is 27.8 Å². The van der Waals surface area contributed by atoms with Crippen LogP contribution in [0.3, 0.4) is 0 Å². The van der Waals surface area contributed by atoms with Crippen LogP contribution in [-0.2, 0) is 15.6 Å². The van der Waals surface area contributed by atoms with Crippen molar-refractivity contribution in [2.45, 2.75) is 76.5 Å². The summed E-state index contributed by atoms with van der Waals surface area (Å²) in [6.45, 7) is 9.16. The topological polar surface area (TPSA) is 37.3 Å². The van der Waals surface area contributed by atoms with Gasteiger partial charge in [-0.1, -0.05) is 69.3 Å². The van der Waals surface area contributed by atoms with E-state index in [1.54, 1.807) is 0 Å². The molecule has 0 bridgehead atoms. The van der Waals surface area contributed by atoms with Crippen LogP contribution in [0.4, 0.5) is 0 Å². The van der Waals surface area contributed by atoms with E-state index in [2.05, 4.69) is 64.1 Å². The second-order valence-electron chi connectivity index (χ2n) is 10.4. The van der Waals surface area contributed by atoms with Crippen LogP contribution in [0.15, 0.2) is 54.3 Å². The summed E-state index contributed by atoms with van der Waals surface area (Å²) in [7, 11) is 0. The van der Waals surface area contributed by atoms with Crippen molar-refractivity contribution in [3.63, 3.8) is 0 Å². The van der Waals surface area contributed by atoms with E-state index < -0.39 is 0 Å². The zero-order valence-electron chi connectivity index (χ0n) is 19.1. The first-order chi connectivity index (χ1) is 14.7. The molecule has 0 radical (unpaired) electrons. The fraction of sp³-hybridized carbons (Fsp3) is 0.414. The van der Waals surface area contributed by atoms with Crippen molar-refractivity contribution in [1.29, 1.82) is 0 Å². The van der Waals surface area contributed by atoms with E-state index in [9.17, 15) is 9.90 Å². The summed E-state index contributed by atoms with van der Waals surface area (Å²) in [5.41, 5.74) is 8.55. The normalized spacial score (nSPS) is 23.6. The van der Waals surface area contributed by atoms with Gasteiger partial charge < -0.3 is 5.11 Å². The van der Waals surface area contributed by atoms with Gasteiger partial charge in [-0.3, -0.25) is 4.79 Å². The molecule has 0 heterocycles. The number of hydrogen-bond donors (Lipinski definition) is 1. The first-order valence-corrected chi connectivity index (χ1v) is 11.6. The number of aliphatic hydroxyl groups is 1. The number of aliphatic hydroxyl groups excluding tert-OH is 1. The Hall–Kier alpha value is -2.61. The third-order valence-electron chi connectivity index (χ3n) is 7.76. The number of ketones is 1. The Morgan fingerprint density at radius 2 is 1.71 bits per heavy atom. The second-order valence-corrected chi connectivity index (χ2v) is 10.4. The zero-order valence-corrected chi connectivity index (χ0v) is 19.1. The van der Waals surface area contributed by atoms with Gasteiger partial charge in [0, 0.05) is 23.7 Å². The molecule has 1 atom stereocenters. The van der Waals surface area contributed by atoms with Gasteiger partial charge in [0.25, 0.3) is 0 Å². The van der Waals surface area contributed by atoms with E-state index in [4.69, 9.17) is 0 Å². The van der Waals surface area contributed by atoms with Gasteiger partial charge in [0.1, 0.15) is 5.76 Å². The van der Waals surface area contributed by atoms with Crippen LogP contribution < -0.4 is 0 Å². The van der Waals surface area contributed by atoms with Gasteiger partial charge in [-0.2, -0.15) is 0 Å². The third-order valence-corrected chi connectivity index (χ3v) is 7.76. The Kier molecular flexibility index (Phi) is 4.55. The van der Waals surface area contributed by atoms with Gasteiger partial charge in [0.2, 0.25) is 0 Å². The molecule has 2 aromatic carbocycles. The molecule has 3 aliphatic carbocycles. The number of fused-ring (bicyclic) bond motifs is 1. The molecule has 0 spiro atoms. The molecular weight excluding hydrogens is 380 g/mol. The summed E-state index contributed by atoms with van der Waals surface area (Å²) in [5.74, 6) is 0.770. The Morgan fingerprint density at radius 3 is 2.35 bits per heavy atom. The lowest BCUT2D eigenvalue weighted by molar-refractivity contribution is -0.114. The smallest absolute Gasteiger partial charge is 0.166 e. The van der Waals surface area contributed by atoms with Crippen molar-refractivity contribution in [2.75, 3.05) is 0 Å². The number of Topliss-reactive ketones (excluding diaryl/α,β-unsaturated/α-hetero) is 1. The minimum atomic E-state index is 0.0512. The number of aryl methyl sites for hydroxylation is 1. The lowest BCUT2D eigenvalue weighted by Crippen LogP contribution is -2.23. The summed E-state index contributed by atoms with van der Waals surface area (Å²) in [5, 5.41) is 10.3. The fourth-order valence-corrected chi connectivity index (χ4v) is 5.71. The van der Waals surface area contributed by atoms with E-state index in [0.29, 0.717) is 24.3 Å². The van der Waals surface area contributed by atoms with Crippen molar-refractivity contribution in [3.05, 3.63) is 87.7 Å². The van der Waals surface area contributed by atoms with E-state index >= 15 is 0 Å². The molecule has 2 nitrogen and oxygen atoms in total. The molecule has 1 fully saturated rings. The average Bonchev–Trinajstić information content (AvgIpc) is 3.53. The molecule has 0 amide bonds. The maximum atomic E-state index is 12.4. The minimum absolute atomic E-state index is 0.0512. The van der Waals surface area contributed by atoms with Crippen LogP contribution in [0.2, 0.25) is 0 Å².